The van der Waals surface area contributed by atoms with Crippen LogP contribution in [-0.2, 0) is 25.0 Å². The molecule has 0 amide bonds. The predicted molar refractivity (Wildman–Crippen MR) is 20.1 cm³/mol. The zero-order chi connectivity index (χ0) is 2.00. The minimum absolute atomic E-state index is 0. The fourth-order valence-corrected chi connectivity index (χ4v) is 0. The van der Waals surface area contributed by atoms with Gasteiger partial charge in [0.05, 0.1) is 0 Å². The van der Waals surface area contributed by atoms with E-state index in [4.69, 9.17) is 4.57 Å². The average molecular weight is 188 g/mol. The third kappa shape index (κ3) is 10.8. The van der Waals surface area contributed by atoms with Gasteiger partial charge in [0.15, 0.2) is 0 Å². The molecule has 4 heavy (non-hydrogen) atoms. The second-order valence-electron chi connectivity index (χ2n) is 0. The quantitative estimate of drug-likeness (QED) is 0.400. The van der Waals surface area contributed by atoms with Crippen molar-refractivity contribution in [3.8, 4) is 0 Å². The summed E-state index contributed by atoms with van der Waals surface area (Å²) in [7, 11) is 1.72. The molecule has 0 heterocycles. The molecule has 0 saturated carbocycles. The summed E-state index contributed by atoms with van der Waals surface area (Å²) in [6, 6.07) is 0. The number of hydrogen-bond acceptors (Lipinski definition) is 1. The molecule has 0 aliphatic rings. The van der Waals surface area contributed by atoms with Gasteiger partial charge in [-0.2, -0.15) is 9.90 Å². The molecule has 0 aliphatic carbocycles. The van der Waals surface area contributed by atoms with Gasteiger partial charge in [-0.25, -0.2) is 0 Å². The molecule has 1 nitrogen and oxygen atoms in total. The summed E-state index contributed by atoms with van der Waals surface area (Å²) in [5, 5.41) is 0. The Morgan fingerprint density at radius 1 is 1.25 bits per heavy atom. The molecule has 30 valence electrons. The van der Waals surface area contributed by atoms with E-state index in [9.17, 15) is 0 Å². The summed E-state index contributed by atoms with van der Waals surface area (Å²) in [5.74, 6) is 0. The zero-order valence-corrected chi connectivity index (χ0v) is 5.90. The van der Waals surface area contributed by atoms with Crippen molar-refractivity contribution in [1.29, 1.82) is 0 Å². The van der Waals surface area contributed by atoms with Gasteiger partial charge >= 0.3 is 0 Å². The molecule has 0 bridgehead atoms. The van der Waals surface area contributed by atoms with E-state index < -0.39 is 0 Å². The van der Waals surface area contributed by atoms with Crippen LogP contribution in [0, 0.1) is 0 Å². The molecule has 0 saturated heterocycles. The average Bonchev–Trinajstić information content (AvgIpc) is 1.00. The Morgan fingerprint density at radius 2 is 1.25 bits per heavy atom. The van der Waals surface area contributed by atoms with E-state index in [1.165, 1.54) is 0 Å². The molecule has 0 N–H and O–H groups in total. The third-order valence-corrected chi connectivity index (χ3v) is 0. The van der Waals surface area contributed by atoms with Crippen LogP contribution in [0.5, 0.6) is 0 Å². The van der Waals surface area contributed by atoms with Gasteiger partial charge in [-0.1, -0.05) is 0 Å². The molecule has 0 aromatic rings. The first-order chi connectivity index (χ1) is 1.00. The van der Waals surface area contributed by atoms with E-state index in [0.717, 1.165) is 0 Å². The maximum atomic E-state index is 8.06. The smallest absolute Gasteiger partial charge is 0.138 e. The van der Waals surface area contributed by atoms with Gasteiger partial charge in [0.2, 0.25) is 0 Å². The molecule has 0 spiro atoms. The molecule has 0 aromatic heterocycles. The van der Waals surface area contributed by atoms with Crippen molar-refractivity contribution < 1.29 is 25.0 Å². The van der Waals surface area contributed by atoms with Crippen LogP contribution >= 0.6 is 19.0 Å². The van der Waals surface area contributed by atoms with Gasteiger partial charge in [-0.15, -0.1) is 0 Å². The standard InChI is InChI=1S/HOP.H3P.Pd/c1-2;;/h2H;1H3;. The van der Waals surface area contributed by atoms with Crippen molar-refractivity contribution in [1.82, 2.24) is 0 Å². The van der Waals surface area contributed by atoms with Crippen LogP contribution in [0.3, 0.4) is 0 Å². The van der Waals surface area contributed by atoms with Crippen molar-refractivity contribution in [2.45, 2.75) is 0 Å². The van der Waals surface area contributed by atoms with E-state index in [2.05, 4.69) is 0 Å². The topological polar surface area (TPSA) is 17.1 Å². The van der Waals surface area contributed by atoms with E-state index in [0.29, 0.717) is 0 Å². The van der Waals surface area contributed by atoms with Crippen LogP contribution in [-0.4, -0.2) is 0 Å². The largest absolute Gasteiger partial charge is 0.279 e. The van der Waals surface area contributed by atoms with Crippen LogP contribution in [0.25, 0.3) is 0 Å². The summed E-state index contributed by atoms with van der Waals surface area (Å²) in [6.45, 7) is 0. The minimum Gasteiger partial charge on any atom is -0.279 e. The Hall–Kier alpha value is 1.19. The SMILES string of the molecule is O=P.P.[Pd]. The molecular formula is H4OP2Pd. The summed E-state index contributed by atoms with van der Waals surface area (Å²) >= 11 is 0. The predicted octanol–water partition coefficient (Wildman–Crippen LogP) is 0.530. The van der Waals surface area contributed by atoms with E-state index >= 15 is 0 Å². The van der Waals surface area contributed by atoms with Crippen LogP contribution in [0.1, 0.15) is 0 Å². The van der Waals surface area contributed by atoms with Gasteiger partial charge < -0.3 is 0 Å². The fourth-order valence-electron chi connectivity index (χ4n) is 0. The minimum atomic E-state index is 0. The molecule has 0 aliphatic heterocycles. The Labute approximate surface area is 44.4 Å². The van der Waals surface area contributed by atoms with Gasteiger partial charge in [0, 0.05) is 20.4 Å². The second-order valence-corrected chi connectivity index (χ2v) is 0. The monoisotopic (exact) mass is 188 g/mol. The number of rotatable bonds is 0. The number of hydrogen-bond donors (Lipinski definition) is 0. The van der Waals surface area contributed by atoms with Crippen LogP contribution in [0.4, 0.5) is 0 Å². The molecule has 1 unspecified atom stereocenters. The Balaban J connectivity index is -0.00000000500. The van der Waals surface area contributed by atoms with Crippen LogP contribution in [0.15, 0.2) is 0 Å². The molecule has 0 aromatic carbocycles. The van der Waals surface area contributed by atoms with Gasteiger partial charge in [0.25, 0.3) is 0 Å². The van der Waals surface area contributed by atoms with E-state index in [1.807, 2.05) is 0 Å². The summed E-state index contributed by atoms with van der Waals surface area (Å²) in [6.07, 6.45) is 0. The molecule has 4 heteroatoms. The van der Waals surface area contributed by atoms with Gasteiger partial charge in [0.1, 0.15) is 9.12 Å². The Morgan fingerprint density at radius 3 is 1.25 bits per heavy atom. The van der Waals surface area contributed by atoms with Gasteiger partial charge in [-0.05, 0) is 0 Å². The van der Waals surface area contributed by atoms with Crippen molar-refractivity contribution >= 4 is 19.0 Å². The first-order valence-electron chi connectivity index (χ1n) is 0.204. The maximum absolute atomic E-state index is 8.06. The van der Waals surface area contributed by atoms with E-state index in [-0.39, 0.29) is 30.3 Å². The van der Waals surface area contributed by atoms with Crippen LogP contribution < -0.4 is 0 Å². The van der Waals surface area contributed by atoms with Crippen molar-refractivity contribution in [3.05, 3.63) is 0 Å². The summed E-state index contributed by atoms with van der Waals surface area (Å²) in [5.41, 5.74) is 0. The van der Waals surface area contributed by atoms with Crippen molar-refractivity contribution in [3.63, 3.8) is 0 Å². The first-order valence-corrected chi connectivity index (χ1v) is 0.612. The van der Waals surface area contributed by atoms with E-state index in [1.54, 1.807) is 9.12 Å². The Kier molecular flexibility index (Phi) is 143. The van der Waals surface area contributed by atoms with Crippen LogP contribution in [0.2, 0.25) is 0 Å². The Bertz CT molecular complexity index is 6.00. The van der Waals surface area contributed by atoms with Gasteiger partial charge in [-0.3, -0.25) is 4.57 Å². The summed E-state index contributed by atoms with van der Waals surface area (Å²) < 4.78 is 8.06. The zero-order valence-electron chi connectivity index (χ0n) is 1.93. The molecule has 0 radical (unpaired) electrons. The second kappa shape index (κ2) is 30.1. The third-order valence-electron chi connectivity index (χ3n) is 0. The molecule has 1 atom stereocenters. The normalized spacial score (nSPS) is 1.00. The first kappa shape index (κ1) is 19.0. The molecule has 0 rings (SSSR count). The summed E-state index contributed by atoms with van der Waals surface area (Å²) in [4.78, 5) is 0. The molecular weight excluding hydrogens is 184 g/mol. The van der Waals surface area contributed by atoms with Crippen molar-refractivity contribution in [2.75, 3.05) is 0 Å². The maximum Gasteiger partial charge on any atom is 0.138 e. The molecule has 0 fully saturated rings. The fraction of sp³-hybridized carbons (Fsp3) is 0. The van der Waals surface area contributed by atoms with Crippen molar-refractivity contribution in [2.24, 2.45) is 0 Å².